The normalized spacial score (nSPS) is 13.7. The fraction of sp³-hybridized carbons (Fsp3) is 0.294. The highest BCUT2D eigenvalue weighted by Gasteiger charge is 2.10. The van der Waals surface area contributed by atoms with Gasteiger partial charge in [0.15, 0.2) is 11.5 Å². The van der Waals surface area contributed by atoms with Crippen LogP contribution in [0.3, 0.4) is 0 Å². The van der Waals surface area contributed by atoms with Crippen molar-refractivity contribution in [2.45, 2.75) is 25.5 Å². The Morgan fingerprint density at radius 1 is 0.955 bits per heavy atom. The maximum atomic E-state index is 10.0. The molecule has 0 aliphatic carbocycles. The summed E-state index contributed by atoms with van der Waals surface area (Å²) in [7, 11) is 0. The summed E-state index contributed by atoms with van der Waals surface area (Å²) in [6.07, 6.45) is -0.417. The van der Waals surface area contributed by atoms with Crippen molar-refractivity contribution >= 4 is 0 Å². The molecule has 5 heteroatoms. The molecule has 0 aliphatic rings. The van der Waals surface area contributed by atoms with Crippen LogP contribution in [0.4, 0.5) is 0 Å². The molecule has 5 N–H and O–H groups in total. The molecule has 2 aromatic carbocycles. The number of nitrogens with one attached hydrogen (secondary N) is 1. The van der Waals surface area contributed by atoms with E-state index in [1.807, 2.05) is 19.1 Å². The van der Waals surface area contributed by atoms with Crippen molar-refractivity contribution in [1.82, 2.24) is 5.32 Å². The number of aliphatic hydroxyl groups excluding tert-OH is 1. The maximum absolute atomic E-state index is 10.0. The lowest BCUT2D eigenvalue weighted by Crippen LogP contribution is -2.33. The number of hydrogen-bond donors (Lipinski definition) is 5. The summed E-state index contributed by atoms with van der Waals surface area (Å²) in [6.45, 7) is 2.61. The van der Waals surface area contributed by atoms with Gasteiger partial charge in [0.05, 0.1) is 0 Å². The molecule has 0 amide bonds. The average molecular weight is 303 g/mol. The number of aromatic hydroxyl groups is 3. The molecule has 2 unspecified atom stereocenters. The van der Waals surface area contributed by atoms with Gasteiger partial charge in [-0.15, -0.1) is 0 Å². The van der Waals surface area contributed by atoms with Crippen molar-refractivity contribution in [3.63, 3.8) is 0 Å². The number of phenolic OH excluding ortho intramolecular Hbond substituents is 3. The van der Waals surface area contributed by atoms with Gasteiger partial charge >= 0.3 is 0 Å². The summed E-state index contributed by atoms with van der Waals surface area (Å²) in [6, 6.07) is 11.5. The first kappa shape index (κ1) is 16.1. The van der Waals surface area contributed by atoms with Crippen LogP contribution in [0.15, 0.2) is 42.5 Å². The second-order valence-electron chi connectivity index (χ2n) is 5.44. The quantitative estimate of drug-likeness (QED) is 0.416. The van der Waals surface area contributed by atoms with Gasteiger partial charge < -0.3 is 20.4 Å². The van der Waals surface area contributed by atoms with Crippen molar-refractivity contribution in [3.05, 3.63) is 53.6 Å². The predicted molar refractivity (Wildman–Crippen MR) is 84.0 cm³/mol. The summed E-state index contributed by atoms with van der Waals surface area (Å²) in [5.41, 5.74) is 1.80. The molecule has 0 spiro atoms. The largest absolute Gasteiger partial charge is 0.508 e. The third-order valence-corrected chi connectivity index (χ3v) is 3.59. The van der Waals surface area contributed by atoms with Crippen LogP contribution < -0.4 is 5.32 Å². The molecular weight excluding hydrogens is 282 g/mol. The van der Waals surface area contributed by atoms with E-state index in [0.29, 0.717) is 13.0 Å². The zero-order valence-electron chi connectivity index (χ0n) is 12.4. The molecule has 2 aromatic rings. The van der Waals surface area contributed by atoms with E-state index in [1.54, 1.807) is 18.2 Å². The minimum absolute atomic E-state index is 0.174. The van der Waals surface area contributed by atoms with Crippen molar-refractivity contribution in [1.29, 1.82) is 0 Å². The lowest BCUT2D eigenvalue weighted by molar-refractivity contribution is 0.136. The van der Waals surface area contributed by atoms with Gasteiger partial charge in [-0.05, 0) is 41.3 Å². The Morgan fingerprint density at radius 2 is 1.64 bits per heavy atom. The van der Waals surface area contributed by atoms with Gasteiger partial charge in [0.2, 0.25) is 0 Å². The Morgan fingerprint density at radius 3 is 2.27 bits per heavy atom. The van der Waals surface area contributed by atoms with Gasteiger partial charge in [-0.2, -0.15) is 0 Å². The van der Waals surface area contributed by atoms with Crippen molar-refractivity contribution in [3.8, 4) is 17.2 Å². The monoisotopic (exact) mass is 303 g/mol. The third-order valence-electron chi connectivity index (χ3n) is 3.59. The topological polar surface area (TPSA) is 93.0 Å². The van der Waals surface area contributed by atoms with Crippen LogP contribution in [-0.2, 0) is 6.42 Å². The summed E-state index contributed by atoms with van der Waals surface area (Å²) in [5.74, 6) is 0.0499. The zero-order valence-corrected chi connectivity index (χ0v) is 12.4. The first-order chi connectivity index (χ1) is 10.5. The summed E-state index contributed by atoms with van der Waals surface area (Å²) < 4.78 is 0. The molecule has 22 heavy (non-hydrogen) atoms. The fourth-order valence-corrected chi connectivity index (χ4v) is 2.22. The summed E-state index contributed by atoms with van der Waals surface area (Å²) >= 11 is 0. The molecule has 0 fully saturated rings. The number of phenols is 3. The highest BCUT2D eigenvalue weighted by Crippen LogP contribution is 2.25. The van der Waals surface area contributed by atoms with E-state index in [0.717, 1.165) is 11.1 Å². The first-order valence-electron chi connectivity index (χ1n) is 7.17. The smallest absolute Gasteiger partial charge is 0.157 e. The van der Waals surface area contributed by atoms with E-state index in [4.69, 9.17) is 0 Å². The lowest BCUT2D eigenvalue weighted by Gasteiger charge is -2.17. The molecule has 2 rings (SSSR count). The van der Waals surface area contributed by atoms with Crippen LogP contribution in [-0.4, -0.2) is 33.2 Å². The highest BCUT2D eigenvalue weighted by atomic mass is 16.3. The fourth-order valence-electron chi connectivity index (χ4n) is 2.22. The molecule has 118 valence electrons. The molecule has 0 bridgehead atoms. The van der Waals surface area contributed by atoms with E-state index in [-0.39, 0.29) is 23.2 Å². The second-order valence-corrected chi connectivity index (χ2v) is 5.44. The Kier molecular flexibility index (Phi) is 5.25. The molecule has 0 aromatic heterocycles. The van der Waals surface area contributed by atoms with Gasteiger partial charge in [-0.25, -0.2) is 0 Å². The third kappa shape index (κ3) is 4.38. The van der Waals surface area contributed by atoms with Crippen LogP contribution in [0.25, 0.3) is 0 Å². The van der Waals surface area contributed by atoms with Crippen LogP contribution in [0, 0.1) is 0 Å². The van der Waals surface area contributed by atoms with E-state index in [1.165, 1.54) is 12.1 Å². The molecule has 0 radical (unpaired) electrons. The zero-order chi connectivity index (χ0) is 16.1. The number of benzene rings is 2. The molecule has 0 saturated carbocycles. The predicted octanol–water partition coefficient (Wildman–Crippen LogP) is 2.06. The first-order valence-corrected chi connectivity index (χ1v) is 7.17. The summed E-state index contributed by atoms with van der Waals surface area (Å²) in [4.78, 5) is 0. The minimum Gasteiger partial charge on any atom is -0.508 e. The second kappa shape index (κ2) is 7.15. The Balaban J connectivity index is 1.85. The van der Waals surface area contributed by atoms with E-state index >= 15 is 0 Å². The number of aliphatic hydroxyl groups is 1. The molecule has 2 atom stereocenters. The van der Waals surface area contributed by atoms with Gasteiger partial charge in [-0.1, -0.05) is 25.1 Å². The standard InChI is InChI=1S/C17H21NO4/c1-11(13-3-5-14(19)6-4-13)10-18-17(22)9-12-2-7-15(20)16(21)8-12/h2-8,11,17-22H,9-10H2,1H3. The SMILES string of the molecule is CC(CNC(O)Cc1ccc(O)c(O)c1)c1ccc(O)cc1. The maximum Gasteiger partial charge on any atom is 0.157 e. The lowest BCUT2D eigenvalue weighted by atomic mass is 10.0. The van der Waals surface area contributed by atoms with Gasteiger partial charge in [-0.3, -0.25) is 5.32 Å². The van der Waals surface area contributed by atoms with Crippen LogP contribution in [0.1, 0.15) is 24.0 Å². The van der Waals surface area contributed by atoms with Crippen LogP contribution >= 0.6 is 0 Å². The van der Waals surface area contributed by atoms with Crippen molar-refractivity contribution in [2.75, 3.05) is 6.54 Å². The van der Waals surface area contributed by atoms with E-state index < -0.39 is 6.23 Å². The number of rotatable bonds is 6. The number of hydrogen-bond acceptors (Lipinski definition) is 5. The molecule has 0 heterocycles. The van der Waals surface area contributed by atoms with Crippen LogP contribution in [0.5, 0.6) is 17.2 Å². The van der Waals surface area contributed by atoms with Crippen LogP contribution in [0.2, 0.25) is 0 Å². The Bertz CT molecular complexity index is 613. The van der Waals surface area contributed by atoms with Gasteiger partial charge in [0, 0.05) is 13.0 Å². The minimum atomic E-state index is -0.747. The molecule has 0 aliphatic heterocycles. The average Bonchev–Trinajstić information content (AvgIpc) is 2.49. The van der Waals surface area contributed by atoms with Gasteiger partial charge in [0.25, 0.3) is 0 Å². The van der Waals surface area contributed by atoms with Crippen molar-refractivity contribution < 1.29 is 20.4 Å². The molecule has 0 saturated heterocycles. The Hall–Kier alpha value is -2.24. The molecule has 5 nitrogen and oxygen atoms in total. The van der Waals surface area contributed by atoms with Crippen molar-refractivity contribution in [2.24, 2.45) is 0 Å². The van der Waals surface area contributed by atoms with E-state index in [2.05, 4.69) is 5.32 Å². The van der Waals surface area contributed by atoms with E-state index in [9.17, 15) is 20.4 Å². The Labute approximate surface area is 129 Å². The summed E-state index contributed by atoms with van der Waals surface area (Å²) in [5, 5.41) is 41.0. The van der Waals surface area contributed by atoms with Gasteiger partial charge in [0.1, 0.15) is 12.0 Å². The highest BCUT2D eigenvalue weighted by molar-refractivity contribution is 5.40. The molecular formula is C17H21NO4.